The number of imidazole rings is 1. The van der Waals surface area contributed by atoms with Crippen LogP contribution in [0.5, 0.6) is 0 Å². The van der Waals surface area contributed by atoms with E-state index in [2.05, 4.69) is 19.4 Å². The van der Waals surface area contributed by atoms with Gasteiger partial charge < -0.3 is 14.2 Å². The number of rotatable bonds is 6. The molecule has 0 spiro atoms. The number of ether oxygens (including phenoxy) is 1. The molecule has 5 nitrogen and oxygen atoms in total. The first kappa shape index (κ1) is 13.0. The van der Waals surface area contributed by atoms with Crippen molar-refractivity contribution >= 4 is 11.2 Å². The summed E-state index contributed by atoms with van der Waals surface area (Å²) in [5, 5.41) is 0. The highest BCUT2D eigenvalue weighted by Gasteiger charge is 2.11. The third-order valence-corrected chi connectivity index (χ3v) is 2.70. The van der Waals surface area contributed by atoms with Gasteiger partial charge in [-0.05, 0) is 33.2 Å². The van der Waals surface area contributed by atoms with Gasteiger partial charge in [-0.2, -0.15) is 0 Å². The van der Waals surface area contributed by atoms with E-state index in [0.29, 0.717) is 6.61 Å². The highest BCUT2D eigenvalue weighted by atomic mass is 16.5. The van der Waals surface area contributed by atoms with Crippen molar-refractivity contribution in [2.45, 2.75) is 20.0 Å². The molecule has 5 heteroatoms. The molecule has 0 saturated heterocycles. The number of hydrogen-bond acceptors (Lipinski definition) is 4. The lowest BCUT2D eigenvalue weighted by molar-refractivity contribution is 0.138. The summed E-state index contributed by atoms with van der Waals surface area (Å²) >= 11 is 0. The molecule has 0 aliphatic heterocycles. The minimum Gasteiger partial charge on any atom is -0.380 e. The predicted octanol–water partition coefficient (Wildman–Crippen LogP) is 1.53. The molecular formula is C13H20N4O. The van der Waals surface area contributed by atoms with Gasteiger partial charge in [-0.15, -0.1) is 0 Å². The summed E-state index contributed by atoms with van der Waals surface area (Å²) < 4.78 is 7.57. The molecule has 0 N–H and O–H groups in total. The van der Waals surface area contributed by atoms with Gasteiger partial charge in [0.1, 0.15) is 11.3 Å². The third kappa shape index (κ3) is 2.86. The number of nitrogens with zero attached hydrogens (tertiary/aromatic N) is 4. The molecule has 0 aromatic carbocycles. The second kappa shape index (κ2) is 5.93. The highest BCUT2D eigenvalue weighted by molar-refractivity contribution is 5.71. The van der Waals surface area contributed by atoms with E-state index in [0.717, 1.165) is 36.7 Å². The molecule has 2 aromatic rings. The second-order valence-electron chi connectivity index (χ2n) is 4.46. The Bertz CT molecular complexity index is 507. The third-order valence-electron chi connectivity index (χ3n) is 2.70. The number of fused-ring (bicyclic) bond motifs is 1. The van der Waals surface area contributed by atoms with Gasteiger partial charge in [0.2, 0.25) is 0 Å². The fourth-order valence-electron chi connectivity index (χ4n) is 1.94. The SMILES string of the molecule is CCOCCn1c(CN(C)C)nc2cccnc21. The van der Waals surface area contributed by atoms with Crippen LogP contribution >= 0.6 is 0 Å². The Morgan fingerprint density at radius 3 is 2.94 bits per heavy atom. The Morgan fingerprint density at radius 2 is 2.22 bits per heavy atom. The van der Waals surface area contributed by atoms with E-state index in [9.17, 15) is 0 Å². The topological polar surface area (TPSA) is 43.2 Å². The van der Waals surface area contributed by atoms with Gasteiger partial charge in [0.05, 0.1) is 13.2 Å². The van der Waals surface area contributed by atoms with Crippen molar-refractivity contribution in [2.24, 2.45) is 0 Å². The molecule has 2 heterocycles. The van der Waals surface area contributed by atoms with Gasteiger partial charge in [0, 0.05) is 19.3 Å². The van der Waals surface area contributed by atoms with Gasteiger partial charge >= 0.3 is 0 Å². The maximum atomic E-state index is 5.43. The Hall–Kier alpha value is -1.46. The van der Waals surface area contributed by atoms with Gasteiger partial charge in [-0.1, -0.05) is 0 Å². The van der Waals surface area contributed by atoms with E-state index < -0.39 is 0 Å². The lowest BCUT2D eigenvalue weighted by Crippen LogP contribution is -2.17. The summed E-state index contributed by atoms with van der Waals surface area (Å²) in [6.07, 6.45) is 1.81. The molecule has 0 atom stereocenters. The number of hydrogen-bond donors (Lipinski definition) is 0. The fourth-order valence-corrected chi connectivity index (χ4v) is 1.94. The fraction of sp³-hybridized carbons (Fsp3) is 0.538. The van der Waals surface area contributed by atoms with Crippen LogP contribution < -0.4 is 0 Å². The molecule has 0 radical (unpaired) electrons. The maximum absolute atomic E-state index is 5.43. The Labute approximate surface area is 107 Å². The van der Waals surface area contributed by atoms with Crippen LogP contribution in [0.4, 0.5) is 0 Å². The molecule has 98 valence electrons. The van der Waals surface area contributed by atoms with Gasteiger partial charge in [-0.25, -0.2) is 9.97 Å². The summed E-state index contributed by atoms with van der Waals surface area (Å²) in [6.45, 7) is 5.04. The Balaban J connectivity index is 2.31. The first-order chi connectivity index (χ1) is 8.72. The van der Waals surface area contributed by atoms with E-state index in [1.807, 2.05) is 33.2 Å². The van der Waals surface area contributed by atoms with E-state index in [1.165, 1.54) is 0 Å². The van der Waals surface area contributed by atoms with Crippen LogP contribution in [0.25, 0.3) is 11.2 Å². The molecular weight excluding hydrogens is 228 g/mol. The molecule has 0 amide bonds. The van der Waals surface area contributed by atoms with Gasteiger partial charge in [0.25, 0.3) is 0 Å². The molecule has 2 rings (SSSR count). The summed E-state index contributed by atoms with van der Waals surface area (Å²) in [5.74, 6) is 1.04. The predicted molar refractivity (Wildman–Crippen MR) is 71.4 cm³/mol. The lowest BCUT2D eigenvalue weighted by atomic mass is 10.4. The van der Waals surface area contributed by atoms with E-state index in [1.54, 1.807) is 6.20 Å². The zero-order valence-electron chi connectivity index (χ0n) is 11.3. The van der Waals surface area contributed by atoms with E-state index in [-0.39, 0.29) is 0 Å². The monoisotopic (exact) mass is 248 g/mol. The minimum atomic E-state index is 0.693. The first-order valence-corrected chi connectivity index (χ1v) is 6.25. The zero-order chi connectivity index (χ0) is 13.0. The largest absolute Gasteiger partial charge is 0.380 e. The number of pyridine rings is 1. The quantitative estimate of drug-likeness (QED) is 0.727. The number of aromatic nitrogens is 3. The van der Waals surface area contributed by atoms with Crippen molar-refractivity contribution in [1.82, 2.24) is 19.4 Å². The molecule has 0 saturated carbocycles. The Morgan fingerprint density at radius 1 is 1.39 bits per heavy atom. The van der Waals surface area contributed by atoms with E-state index in [4.69, 9.17) is 4.74 Å². The van der Waals surface area contributed by atoms with Crippen molar-refractivity contribution in [3.63, 3.8) is 0 Å². The Kier molecular flexibility index (Phi) is 4.28. The molecule has 18 heavy (non-hydrogen) atoms. The molecule has 0 aliphatic carbocycles. The molecule has 2 aromatic heterocycles. The first-order valence-electron chi connectivity index (χ1n) is 6.25. The van der Waals surface area contributed by atoms with Crippen LogP contribution in [0.1, 0.15) is 12.7 Å². The van der Waals surface area contributed by atoms with Crippen molar-refractivity contribution in [2.75, 3.05) is 27.3 Å². The van der Waals surface area contributed by atoms with Crippen LogP contribution in [0.2, 0.25) is 0 Å². The summed E-state index contributed by atoms with van der Waals surface area (Å²) in [6, 6.07) is 3.92. The second-order valence-corrected chi connectivity index (χ2v) is 4.46. The molecule has 0 fully saturated rings. The van der Waals surface area contributed by atoms with Crippen LogP contribution in [0, 0.1) is 0 Å². The minimum absolute atomic E-state index is 0.693. The summed E-state index contributed by atoms with van der Waals surface area (Å²) in [5.41, 5.74) is 1.89. The zero-order valence-corrected chi connectivity index (χ0v) is 11.3. The van der Waals surface area contributed by atoms with Crippen LogP contribution in [-0.2, 0) is 17.8 Å². The van der Waals surface area contributed by atoms with Crippen LogP contribution in [-0.4, -0.2) is 46.7 Å². The van der Waals surface area contributed by atoms with Crippen molar-refractivity contribution in [3.8, 4) is 0 Å². The van der Waals surface area contributed by atoms with Gasteiger partial charge in [0.15, 0.2) is 5.65 Å². The summed E-state index contributed by atoms with van der Waals surface area (Å²) in [4.78, 5) is 11.2. The maximum Gasteiger partial charge on any atom is 0.160 e. The standard InChI is InChI=1S/C13H20N4O/c1-4-18-9-8-17-12(10-16(2)3)15-11-6-5-7-14-13(11)17/h5-7H,4,8-10H2,1-3H3. The smallest absolute Gasteiger partial charge is 0.160 e. The van der Waals surface area contributed by atoms with Crippen LogP contribution in [0.15, 0.2) is 18.3 Å². The molecule has 0 unspecified atom stereocenters. The average molecular weight is 248 g/mol. The van der Waals surface area contributed by atoms with Crippen molar-refractivity contribution in [1.29, 1.82) is 0 Å². The van der Waals surface area contributed by atoms with Crippen LogP contribution in [0.3, 0.4) is 0 Å². The van der Waals surface area contributed by atoms with Crippen molar-refractivity contribution < 1.29 is 4.74 Å². The molecule has 0 aliphatic rings. The van der Waals surface area contributed by atoms with E-state index >= 15 is 0 Å². The van der Waals surface area contributed by atoms with Crippen molar-refractivity contribution in [3.05, 3.63) is 24.2 Å². The molecule has 0 bridgehead atoms. The van der Waals surface area contributed by atoms with Gasteiger partial charge in [-0.3, -0.25) is 0 Å². The summed E-state index contributed by atoms with van der Waals surface area (Å²) in [7, 11) is 4.08. The highest BCUT2D eigenvalue weighted by Crippen LogP contribution is 2.14. The lowest BCUT2D eigenvalue weighted by Gasteiger charge is -2.12. The average Bonchev–Trinajstić information content (AvgIpc) is 2.67. The normalized spacial score (nSPS) is 11.6.